The number of benzene rings is 5. The van der Waals surface area contributed by atoms with Crippen LogP contribution in [0.1, 0.15) is 33.6 Å². The molecule has 10 nitrogen and oxygen atoms in total. The first kappa shape index (κ1) is 37.8. The third-order valence-corrected chi connectivity index (χ3v) is 15.8. The minimum Gasteiger partial charge on any atom is -0.397 e. The molecule has 8 rings (SSSR count). The molecule has 0 radical (unpaired) electrons. The monoisotopic (exact) mass is 828 g/mol. The number of hydrogen-bond donors (Lipinski definition) is 6. The lowest BCUT2D eigenvalue weighted by molar-refractivity contribution is 0.101. The zero-order chi connectivity index (χ0) is 39.9. The number of hydrogen-bond acceptors (Lipinski definition) is 10. The molecule has 2 unspecified atom stereocenters. The Morgan fingerprint density at radius 3 is 1.72 bits per heavy atom. The second-order valence-electron chi connectivity index (χ2n) is 13.6. The van der Waals surface area contributed by atoms with Crippen molar-refractivity contribution in [1.29, 1.82) is 9.56 Å². The molecule has 5 aromatic carbocycles. The summed E-state index contributed by atoms with van der Waals surface area (Å²) in [4.78, 5) is 29.3. The number of nitrogens with one attached hydrogen (secondary N) is 4. The average Bonchev–Trinajstić information content (AvgIpc) is 3.72. The van der Waals surface area contributed by atoms with E-state index in [1.54, 1.807) is 96.3 Å². The van der Waals surface area contributed by atoms with E-state index >= 15 is 0 Å². The van der Waals surface area contributed by atoms with Gasteiger partial charge in [0.1, 0.15) is 9.73 Å². The number of carbonyl (C=O) groups is 2. The Morgan fingerprint density at radius 1 is 0.579 bits per heavy atom. The second-order valence-corrected chi connectivity index (χ2v) is 19.9. The standard InChI is InChI=1S/C43H36N6O4S4/c44-36-18-10-29(40-5-2-20-54-40)22-38(36)48-42(50)27-8-14-33(15-9-27)57(47,53)35-4-1-3-28(21-35)31-24-41(55-25-31)30-11-19-37(45)39(23-30)49-43(51)26-6-12-32(13-7-26)56(46,52)34-16-17-34/h1-15,18-25,34,46-47H,16-17,44-45H2,(H,48,50)(H,49,51). The molecule has 0 saturated heterocycles. The van der Waals surface area contributed by atoms with E-state index in [0.29, 0.717) is 43.7 Å². The molecule has 2 atom stereocenters. The van der Waals surface area contributed by atoms with Crippen LogP contribution < -0.4 is 22.1 Å². The number of amides is 2. The van der Waals surface area contributed by atoms with Crippen LogP contribution in [0.2, 0.25) is 0 Å². The summed E-state index contributed by atoms with van der Waals surface area (Å²) in [5.74, 6) is -0.758. The van der Waals surface area contributed by atoms with Crippen molar-refractivity contribution < 1.29 is 18.0 Å². The predicted octanol–water partition coefficient (Wildman–Crippen LogP) is 10.5. The van der Waals surface area contributed by atoms with Gasteiger partial charge < -0.3 is 22.1 Å². The summed E-state index contributed by atoms with van der Waals surface area (Å²) in [5, 5.41) is 9.59. The fraction of sp³-hybridized carbons (Fsp3) is 0.0698. The third-order valence-electron chi connectivity index (χ3n) is 9.70. The highest BCUT2D eigenvalue weighted by Gasteiger charge is 2.33. The van der Waals surface area contributed by atoms with Crippen molar-refractivity contribution in [3.05, 3.63) is 149 Å². The first-order chi connectivity index (χ1) is 27.4. The summed E-state index contributed by atoms with van der Waals surface area (Å²) in [6.45, 7) is 0. The maximum atomic E-state index is 14.0. The molecule has 0 bridgehead atoms. The Bertz CT molecular complexity index is 2880. The minimum absolute atomic E-state index is 0.111. The number of thiophene rings is 2. The molecule has 286 valence electrons. The zero-order valence-corrected chi connectivity index (χ0v) is 33.5. The SMILES string of the molecule is N=S(=O)(c1ccc(C(=O)Nc2cc(-c3cccs3)ccc2N)cc1)c1cccc(-c2csc(-c3ccc(N)c(NC(=O)c4ccc(S(=N)(=O)C5CC5)cc4)c3)c2)c1. The van der Waals surface area contributed by atoms with Gasteiger partial charge in [-0.05, 0) is 143 Å². The summed E-state index contributed by atoms with van der Waals surface area (Å²) in [6.07, 6.45) is 1.57. The fourth-order valence-electron chi connectivity index (χ4n) is 6.30. The predicted molar refractivity (Wildman–Crippen MR) is 232 cm³/mol. The molecule has 1 aliphatic carbocycles. The molecule has 7 aromatic rings. The van der Waals surface area contributed by atoms with E-state index in [2.05, 4.69) is 10.6 Å². The molecule has 8 N–H and O–H groups in total. The van der Waals surface area contributed by atoms with Crippen molar-refractivity contribution in [1.82, 2.24) is 0 Å². The molecule has 1 aliphatic rings. The van der Waals surface area contributed by atoms with E-state index in [1.807, 2.05) is 53.2 Å². The Morgan fingerprint density at radius 2 is 1.16 bits per heavy atom. The number of anilines is 4. The molecule has 2 aromatic heterocycles. The Kier molecular flexibility index (Phi) is 10.0. The van der Waals surface area contributed by atoms with Crippen LogP contribution in [-0.2, 0) is 19.5 Å². The van der Waals surface area contributed by atoms with Crippen LogP contribution in [0.5, 0.6) is 0 Å². The van der Waals surface area contributed by atoms with Crippen LogP contribution in [0.4, 0.5) is 22.7 Å². The van der Waals surface area contributed by atoms with Crippen molar-refractivity contribution >= 4 is 76.7 Å². The van der Waals surface area contributed by atoms with Crippen molar-refractivity contribution in [3.8, 4) is 32.0 Å². The topological polar surface area (TPSA) is 192 Å². The largest absolute Gasteiger partial charge is 0.397 e. The lowest BCUT2D eigenvalue weighted by Gasteiger charge is -2.12. The summed E-state index contributed by atoms with van der Waals surface area (Å²) >= 11 is 3.08. The van der Waals surface area contributed by atoms with E-state index in [0.717, 1.165) is 44.8 Å². The smallest absolute Gasteiger partial charge is 0.255 e. The van der Waals surface area contributed by atoms with Gasteiger partial charge in [0.25, 0.3) is 11.8 Å². The van der Waals surface area contributed by atoms with Crippen LogP contribution in [0.3, 0.4) is 0 Å². The first-order valence-corrected chi connectivity index (χ1v) is 22.7. The van der Waals surface area contributed by atoms with Crippen LogP contribution in [0.25, 0.3) is 32.0 Å². The van der Waals surface area contributed by atoms with Gasteiger partial charge in [0.2, 0.25) is 0 Å². The Labute approximate surface area is 338 Å². The molecule has 1 saturated carbocycles. The molecule has 14 heteroatoms. The number of nitrogens with two attached hydrogens (primary N) is 2. The van der Waals surface area contributed by atoms with Crippen molar-refractivity contribution in [2.24, 2.45) is 0 Å². The van der Waals surface area contributed by atoms with E-state index in [1.165, 1.54) is 11.3 Å². The highest BCUT2D eigenvalue weighted by molar-refractivity contribution is 7.93. The third kappa shape index (κ3) is 7.85. The first-order valence-electron chi connectivity index (χ1n) is 17.8. The maximum Gasteiger partial charge on any atom is 0.255 e. The molecule has 1 fully saturated rings. The van der Waals surface area contributed by atoms with Gasteiger partial charge in [0, 0.05) is 31.0 Å². The maximum absolute atomic E-state index is 14.0. The van der Waals surface area contributed by atoms with Crippen LogP contribution >= 0.6 is 22.7 Å². The van der Waals surface area contributed by atoms with Gasteiger partial charge in [-0.25, -0.2) is 18.0 Å². The van der Waals surface area contributed by atoms with Crippen LogP contribution in [0, 0.1) is 9.56 Å². The fourth-order valence-corrected chi connectivity index (χ4v) is 11.0. The molecule has 2 amide bonds. The number of carbonyl (C=O) groups excluding carboxylic acids is 2. The van der Waals surface area contributed by atoms with E-state index in [-0.39, 0.29) is 22.0 Å². The molecule has 0 aliphatic heterocycles. The Balaban J connectivity index is 0.959. The van der Waals surface area contributed by atoms with Crippen molar-refractivity contribution in [2.45, 2.75) is 32.8 Å². The number of rotatable bonds is 11. The summed E-state index contributed by atoms with van der Waals surface area (Å²) in [5.41, 5.74) is 18.3. The lowest BCUT2D eigenvalue weighted by atomic mass is 10.1. The van der Waals surface area contributed by atoms with E-state index < -0.39 is 19.5 Å². The number of nitrogen functional groups attached to an aromatic ring is 2. The summed E-state index contributed by atoms with van der Waals surface area (Å²) in [6, 6.07) is 36.4. The van der Waals surface area contributed by atoms with E-state index in [4.69, 9.17) is 21.0 Å². The van der Waals surface area contributed by atoms with Crippen LogP contribution in [-0.4, -0.2) is 25.5 Å². The van der Waals surface area contributed by atoms with Crippen LogP contribution in [0.15, 0.2) is 153 Å². The molecular formula is C43H36N6O4S4. The molecule has 2 heterocycles. The van der Waals surface area contributed by atoms with Gasteiger partial charge in [-0.2, -0.15) is 0 Å². The molecule has 57 heavy (non-hydrogen) atoms. The highest BCUT2D eigenvalue weighted by atomic mass is 32.2. The van der Waals surface area contributed by atoms with E-state index in [9.17, 15) is 18.0 Å². The quantitative estimate of drug-likeness (QED) is 0.0703. The average molecular weight is 829 g/mol. The highest BCUT2D eigenvalue weighted by Crippen LogP contribution is 2.38. The van der Waals surface area contributed by atoms with Gasteiger partial charge in [-0.3, -0.25) is 9.59 Å². The zero-order valence-electron chi connectivity index (χ0n) is 30.2. The Hall–Kier alpha value is -6.06. The second kappa shape index (κ2) is 15.1. The lowest BCUT2D eigenvalue weighted by Crippen LogP contribution is -2.13. The summed E-state index contributed by atoms with van der Waals surface area (Å²) in [7, 11) is -6.29. The van der Waals surface area contributed by atoms with Gasteiger partial charge in [-0.1, -0.05) is 30.3 Å². The molecule has 0 spiro atoms. The van der Waals surface area contributed by atoms with Crippen molar-refractivity contribution in [3.63, 3.8) is 0 Å². The normalized spacial score (nSPS) is 14.6. The van der Waals surface area contributed by atoms with Gasteiger partial charge in [0.15, 0.2) is 0 Å². The van der Waals surface area contributed by atoms with Crippen molar-refractivity contribution in [2.75, 3.05) is 22.1 Å². The van der Waals surface area contributed by atoms with Gasteiger partial charge in [0.05, 0.1) is 42.3 Å². The van der Waals surface area contributed by atoms with Gasteiger partial charge in [-0.15, -0.1) is 22.7 Å². The minimum atomic E-state index is -3.43. The van der Waals surface area contributed by atoms with Gasteiger partial charge >= 0.3 is 0 Å². The molecular weight excluding hydrogens is 793 g/mol. The summed E-state index contributed by atoms with van der Waals surface area (Å²) < 4.78 is 44.0.